The minimum absolute atomic E-state index is 0.0194. The van der Waals surface area contributed by atoms with Crippen molar-refractivity contribution in [1.82, 2.24) is 36.2 Å². The van der Waals surface area contributed by atoms with Crippen molar-refractivity contribution >= 4 is 46.4 Å². The normalized spacial score (nSPS) is 12.9. The SMILES string of the molecule is NC(=O)[C@H](Cc1c[nH]c2ccccc12)NC(=O)[C@H](CCCN=C(N)N)NC(=O)[C@@H](Cc1ccccc1)NC(=O)[C@H](Cc1cnc[nH]1)NC(=O)c1ccccc1-c1ccccc1. The van der Waals surface area contributed by atoms with E-state index in [2.05, 4.69) is 41.2 Å². The Morgan fingerprint density at radius 1 is 0.639 bits per heavy atom. The summed E-state index contributed by atoms with van der Waals surface area (Å²) in [6.45, 7) is 0.156. The van der Waals surface area contributed by atoms with Gasteiger partial charge in [0.1, 0.15) is 24.2 Å². The van der Waals surface area contributed by atoms with E-state index < -0.39 is 53.7 Å². The van der Waals surface area contributed by atoms with Crippen molar-refractivity contribution < 1.29 is 24.0 Å². The average Bonchev–Trinajstić information content (AvgIpc) is 3.94. The van der Waals surface area contributed by atoms with E-state index in [1.807, 2.05) is 72.8 Å². The fraction of sp³-hybridized carbons (Fsp3) is 0.222. The predicted molar refractivity (Wildman–Crippen MR) is 232 cm³/mol. The summed E-state index contributed by atoms with van der Waals surface area (Å²) in [7, 11) is 0. The minimum Gasteiger partial charge on any atom is -0.370 e. The number of primary amides is 1. The first kappa shape index (κ1) is 42.8. The van der Waals surface area contributed by atoms with Crippen LogP contribution in [0.1, 0.15) is 40.0 Å². The molecule has 4 aromatic carbocycles. The Kier molecular flexibility index (Phi) is 14.6. The summed E-state index contributed by atoms with van der Waals surface area (Å²) in [5.74, 6) is -3.42. The van der Waals surface area contributed by atoms with Crippen LogP contribution in [0.2, 0.25) is 0 Å². The third-order valence-corrected chi connectivity index (χ3v) is 10.1. The van der Waals surface area contributed by atoms with Crippen LogP contribution < -0.4 is 38.5 Å². The van der Waals surface area contributed by atoms with Crippen LogP contribution in [0.15, 0.2) is 133 Å². The monoisotopic (exact) mass is 823 g/mol. The second kappa shape index (κ2) is 20.8. The highest BCUT2D eigenvalue weighted by atomic mass is 16.2. The zero-order valence-corrected chi connectivity index (χ0v) is 33.3. The highest BCUT2D eigenvalue weighted by Gasteiger charge is 2.32. The largest absolute Gasteiger partial charge is 0.370 e. The van der Waals surface area contributed by atoms with Gasteiger partial charge in [-0.2, -0.15) is 0 Å². The lowest BCUT2D eigenvalue weighted by atomic mass is 9.98. The van der Waals surface area contributed by atoms with Gasteiger partial charge in [-0.25, -0.2) is 4.98 Å². The number of rotatable bonds is 20. The standard InChI is InChI=1S/C45H49N11O5/c46-40(57)37(23-30-25-51-35-19-10-9-17-33(30)35)54-42(59)36(20-11-21-50-45(47)48)53-43(60)38(22-28-12-3-1-4-13-28)56-44(61)39(24-31-26-49-27-52-31)55-41(58)34-18-8-7-16-32(34)29-14-5-2-6-15-29/h1-10,12-19,25-27,36-39,51H,11,20-24H2,(H2,46,57)(H,49,52)(H,53,60)(H,54,59)(H,55,58)(H,56,61)(H4,47,48,50)/t36-,37-,38+,39-/m0/s1. The first-order valence-electron chi connectivity index (χ1n) is 19.8. The number of hydrogen-bond acceptors (Lipinski definition) is 7. The third kappa shape index (κ3) is 11.9. The van der Waals surface area contributed by atoms with Crippen molar-refractivity contribution in [2.45, 2.75) is 56.3 Å². The van der Waals surface area contributed by atoms with Gasteiger partial charge >= 0.3 is 0 Å². The van der Waals surface area contributed by atoms with Gasteiger partial charge in [0.2, 0.25) is 23.6 Å². The number of fused-ring (bicyclic) bond motifs is 1. The number of imidazole rings is 1. The second-order valence-corrected chi connectivity index (χ2v) is 14.5. The van der Waals surface area contributed by atoms with Gasteiger partial charge in [-0.3, -0.25) is 29.0 Å². The topological polar surface area (TPSA) is 268 Å². The predicted octanol–water partition coefficient (Wildman–Crippen LogP) is 2.38. The average molecular weight is 824 g/mol. The lowest BCUT2D eigenvalue weighted by Crippen LogP contribution is -2.59. The van der Waals surface area contributed by atoms with Crippen molar-refractivity contribution in [2.24, 2.45) is 22.2 Å². The van der Waals surface area contributed by atoms with Crippen LogP contribution in [0.4, 0.5) is 0 Å². The second-order valence-electron chi connectivity index (χ2n) is 14.5. The molecule has 4 atom stereocenters. The molecule has 2 heterocycles. The molecule has 314 valence electrons. The number of aromatic amines is 2. The van der Waals surface area contributed by atoms with Gasteiger partial charge in [-0.1, -0.05) is 97.1 Å². The van der Waals surface area contributed by atoms with Crippen LogP contribution in [0.3, 0.4) is 0 Å². The lowest BCUT2D eigenvalue weighted by Gasteiger charge is -2.26. The molecule has 5 amide bonds. The quantitative estimate of drug-likeness (QED) is 0.0313. The fourth-order valence-electron chi connectivity index (χ4n) is 7.00. The zero-order valence-electron chi connectivity index (χ0n) is 33.3. The van der Waals surface area contributed by atoms with E-state index in [-0.39, 0.29) is 44.6 Å². The summed E-state index contributed by atoms with van der Waals surface area (Å²) in [6.07, 6.45) is 5.24. The molecule has 16 heteroatoms. The van der Waals surface area contributed by atoms with Gasteiger partial charge in [0, 0.05) is 60.4 Å². The van der Waals surface area contributed by atoms with E-state index in [4.69, 9.17) is 17.2 Å². The first-order chi connectivity index (χ1) is 29.5. The van der Waals surface area contributed by atoms with Gasteiger partial charge in [0.25, 0.3) is 5.91 Å². The summed E-state index contributed by atoms with van der Waals surface area (Å²) >= 11 is 0. The van der Waals surface area contributed by atoms with Crippen LogP contribution >= 0.6 is 0 Å². The van der Waals surface area contributed by atoms with E-state index in [0.717, 1.165) is 27.6 Å². The van der Waals surface area contributed by atoms with Crippen molar-refractivity contribution in [3.63, 3.8) is 0 Å². The van der Waals surface area contributed by atoms with E-state index in [1.165, 1.54) is 6.33 Å². The highest BCUT2D eigenvalue weighted by Crippen LogP contribution is 2.24. The Bertz CT molecular complexity index is 2450. The van der Waals surface area contributed by atoms with Crippen LogP contribution in [-0.2, 0) is 38.4 Å². The van der Waals surface area contributed by atoms with Gasteiger partial charge < -0.3 is 48.4 Å². The van der Waals surface area contributed by atoms with Crippen molar-refractivity contribution in [2.75, 3.05) is 6.54 Å². The molecule has 0 fully saturated rings. The number of aromatic nitrogens is 3. The maximum Gasteiger partial charge on any atom is 0.252 e. The van der Waals surface area contributed by atoms with Gasteiger partial charge in [-0.05, 0) is 47.2 Å². The van der Waals surface area contributed by atoms with Gasteiger partial charge in [0.05, 0.1) is 6.33 Å². The van der Waals surface area contributed by atoms with Gasteiger partial charge in [-0.15, -0.1) is 0 Å². The highest BCUT2D eigenvalue weighted by molar-refractivity contribution is 6.03. The molecule has 16 nitrogen and oxygen atoms in total. The maximum absolute atomic E-state index is 14.4. The lowest BCUT2D eigenvalue weighted by molar-refractivity contribution is -0.133. The molecule has 6 rings (SSSR count). The summed E-state index contributed by atoms with van der Waals surface area (Å²) in [6, 6.07) is 28.3. The molecule has 2 aromatic heterocycles. The zero-order chi connectivity index (χ0) is 43.1. The Hall–Kier alpha value is -7.75. The Morgan fingerprint density at radius 2 is 1.26 bits per heavy atom. The number of H-pyrrole nitrogens is 2. The molecule has 0 saturated carbocycles. The molecule has 0 aliphatic carbocycles. The van der Waals surface area contributed by atoms with Crippen LogP contribution in [-0.4, -0.2) is 81.2 Å². The Balaban J connectivity index is 1.24. The number of carbonyl (C=O) groups excluding carboxylic acids is 5. The number of hydrogen-bond donors (Lipinski definition) is 9. The number of nitrogens with zero attached hydrogens (tertiary/aromatic N) is 2. The molecule has 12 N–H and O–H groups in total. The number of guanidine groups is 1. The summed E-state index contributed by atoms with van der Waals surface area (Å²) < 4.78 is 0. The fourth-order valence-corrected chi connectivity index (χ4v) is 7.00. The molecule has 0 aliphatic heterocycles. The molecule has 0 unspecified atom stereocenters. The third-order valence-electron chi connectivity index (χ3n) is 10.1. The molecule has 6 aromatic rings. The Labute approximate surface area is 352 Å². The number of aliphatic imine (C=N–C) groups is 1. The van der Waals surface area contributed by atoms with Crippen molar-refractivity contribution in [1.29, 1.82) is 0 Å². The van der Waals surface area contributed by atoms with Crippen LogP contribution in [0, 0.1) is 0 Å². The maximum atomic E-state index is 14.4. The molecule has 0 aliphatic rings. The van der Waals surface area contributed by atoms with Crippen LogP contribution in [0.25, 0.3) is 22.0 Å². The van der Waals surface area contributed by atoms with E-state index in [9.17, 15) is 24.0 Å². The Morgan fingerprint density at radius 3 is 1.97 bits per heavy atom. The number of carbonyl (C=O) groups is 5. The summed E-state index contributed by atoms with van der Waals surface area (Å²) in [4.78, 5) is 83.7. The summed E-state index contributed by atoms with van der Waals surface area (Å²) in [5.41, 5.74) is 21.6. The molecule has 0 radical (unpaired) electrons. The van der Waals surface area contributed by atoms with E-state index >= 15 is 0 Å². The molecule has 0 spiro atoms. The molecule has 0 saturated heterocycles. The molecule has 61 heavy (non-hydrogen) atoms. The van der Waals surface area contributed by atoms with Crippen molar-refractivity contribution in [3.05, 3.63) is 150 Å². The molecular weight excluding hydrogens is 775 g/mol. The van der Waals surface area contributed by atoms with E-state index in [0.29, 0.717) is 16.8 Å². The number of amides is 5. The summed E-state index contributed by atoms with van der Waals surface area (Å²) in [5, 5.41) is 12.1. The minimum atomic E-state index is -1.22. The number of benzene rings is 4. The van der Waals surface area contributed by atoms with Crippen molar-refractivity contribution in [3.8, 4) is 11.1 Å². The first-order valence-corrected chi connectivity index (χ1v) is 19.8. The van der Waals surface area contributed by atoms with Crippen LogP contribution in [0.5, 0.6) is 0 Å². The smallest absolute Gasteiger partial charge is 0.252 e. The molecular formula is C45H49N11O5. The number of para-hydroxylation sites is 1. The number of nitrogens with two attached hydrogens (primary N) is 3. The van der Waals surface area contributed by atoms with E-state index in [1.54, 1.807) is 48.8 Å². The number of nitrogens with one attached hydrogen (secondary N) is 6. The van der Waals surface area contributed by atoms with Gasteiger partial charge in [0.15, 0.2) is 5.96 Å². The molecule has 0 bridgehead atoms.